The van der Waals surface area contributed by atoms with Crippen molar-refractivity contribution in [1.82, 2.24) is 9.97 Å². The number of piperidine rings is 1. The second-order valence-electron chi connectivity index (χ2n) is 11.8. The molecule has 37 heavy (non-hydrogen) atoms. The fourth-order valence-corrected chi connectivity index (χ4v) is 3.90. The van der Waals surface area contributed by atoms with Crippen LogP contribution in [0.3, 0.4) is 0 Å². The van der Waals surface area contributed by atoms with E-state index in [0.717, 1.165) is 42.2 Å². The molecule has 0 amide bonds. The van der Waals surface area contributed by atoms with E-state index >= 15 is 0 Å². The molecular formula is C30H49N3O4. The number of hydrogen-bond donors (Lipinski definition) is 2. The summed E-state index contributed by atoms with van der Waals surface area (Å²) in [5, 5.41) is 15.4. The third kappa shape index (κ3) is 11.1. The molecule has 208 valence electrons. The van der Waals surface area contributed by atoms with E-state index in [1.54, 1.807) is 20.8 Å². The lowest BCUT2D eigenvalue weighted by Gasteiger charge is -2.40. The average molecular weight is 516 g/mol. The number of aliphatic hydroxyl groups is 1. The predicted octanol–water partition coefficient (Wildman–Crippen LogP) is 6.54. The first-order valence-electron chi connectivity index (χ1n) is 13.3. The Bertz CT molecular complexity index is 950. The van der Waals surface area contributed by atoms with Gasteiger partial charge in [-0.2, -0.15) is 0 Å². The molecule has 0 bridgehead atoms. The van der Waals surface area contributed by atoms with Crippen LogP contribution in [0.15, 0.2) is 24.5 Å². The van der Waals surface area contributed by atoms with E-state index in [9.17, 15) is 0 Å². The highest BCUT2D eigenvalue weighted by Crippen LogP contribution is 2.39. The Labute approximate surface area is 224 Å². The van der Waals surface area contributed by atoms with Gasteiger partial charge in [0, 0.05) is 30.5 Å². The highest BCUT2D eigenvalue weighted by molar-refractivity contribution is 5.79. The van der Waals surface area contributed by atoms with Crippen LogP contribution in [-0.4, -0.2) is 51.4 Å². The standard InChI is InChI=1S/C25H37N3O.C4H10O.CH2O2/c1-8-21-18(4)26-16-22(24(21)28-13-11-25(6,7)12-14-28)23-10-9-20(15-27-23)29-19(5)17(2)3;1-4(2,3)5;2-1-3/h9-10,15-17,19H,8,11-14H2,1-7H3;5H,1-3H3;1H,(H,2,3). The van der Waals surface area contributed by atoms with Gasteiger partial charge in [-0.1, -0.05) is 34.6 Å². The van der Waals surface area contributed by atoms with E-state index in [2.05, 4.69) is 59.4 Å². The molecule has 3 rings (SSSR count). The largest absolute Gasteiger partial charge is 0.489 e. The summed E-state index contributed by atoms with van der Waals surface area (Å²) in [6, 6.07) is 4.11. The van der Waals surface area contributed by atoms with Crippen LogP contribution < -0.4 is 9.64 Å². The molecule has 2 aromatic rings. The van der Waals surface area contributed by atoms with Crippen LogP contribution in [0.4, 0.5) is 5.69 Å². The topological polar surface area (TPSA) is 95.8 Å². The molecule has 2 aromatic heterocycles. The zero-order valence-electron chi connectivity index (χ0n) is 24.6. The second kappa shape index (κ2) is 14.3. The fourth-order valence-electron chi connectivity index (χ4n) is 3.90. The molecule has 1 fully saturated rings. The lowest BCUT2D eigenvalue weighted by molar-refractivity contribution is -0.122. The summed E-state index contributed by atoms with van der Waals surface area (Å²) in [5.41, 5.74) is 5.83. The number of carbonyl (C=O) groups is 1. The molecule has 2 N–H and O–H groups in total. The molecule has 0 radical (unpaired) electrons. The first-order chi connectivity index (χ1) is 17.1. The van der Waals surface area contributed by atoms with Crippen LogP contribution in [0.2, 0.25) is 0 Å². The summed E-state index contributed by atoms with van der Waals surface area (Å²) in [6.07, 6.45) is 7.43. The zero-order valence-corrected chi connectivity index (χ0v) is 24.6. The van der Waals surface area contributed by atoms with E-state index in [0.29, 0.717) is 11.3 Å². The summed E-state index contributed by atoms with van der Waals surface area (Å²) < 4.78 is 6.01. The minimum Gasteiger partial charge on any atom is -0.489 e. The van der Waals surface area contributed by atoms with Gasteiger partial charge in [0.2, 0.25) is 0 Å². The van der Waals surface area contributed by atoms with Gasteiger partial charge < -0.3 is 19.8 Å². The number of aryl methyl sites for hydroxylation is 1. The van der Waals surface area contributed by atoms with E-state index < -0.39 is 5.60 Å². The molecule has 0 spiro atoms. The Morgan fingerprint density at radius 1 is 1.11 bits per heavy atom. The van der Waals surface area contributed by atoms with Gasteiger partial charge in [-0.05, 0) is 82.9 Å². The number of ether oxygens (including phenoxy) is 1. The molecule has 1 aliphatic rings. The third-order valence-electron chi connectivity index (χ3n) is 6.42. The van der Waals surface area contributed by atoms with Crippen LogP contribution in [0.5, 0.6) is 5.75 Å². The second-order valence-corrected chi connectivity index (χ2v) is 11.8. The molecule has 1 atom stereocenters. The van der Waals surface area contributed by atoms with E-state index in [1.807, 2.05) is 18.5 Å². The highest BCUT2D eigenvalue weighted by atomic mass is 16.5. The number of aromatic nitrogens is 2. The number of anilines is 1. The Balaban J connectivity index is 0.000000751. The molecule has 1 aliphatic heterocycles. The molecule has 0 aliphatic carbocycles. The predicted molar refractivity (Wildman–Crippen MR) is 152 cm³/mol. The van der Waals surface area contributed by atoms with Gasteiger partial charge in [0.25, 0.3) is 6.47 Å². The smallest absolute Gasteiger partial charge is 0.290 e. The molecular weight excluding hydrogens is 466 g/mol. The minimum atomic E-state index is -0.500. The van der Waals surface area contributed by atoms with Crippen molar-refractivity contribution in [3.8, 4) is 17.0 Å². The molecule has 3 heterocycles. The lowest BCUT2D eigenvalue weighted by Crippen LogP contribution is -2.38. The summed E-state index contributed by atoms with van der Waals surface area (Å²) >= 11 is 0. The van der Waals surface area contributed by atoms with Crippen molar-refractivity contribution in [3.63, 3.8) is 0 Å². The van der Waals surface area contributed by atoms with E-state index in [4.69, 9.17) is 29.7 Å². The number of carboxylic acid groups (broad SMARTS) is 1. The lowest BCUT2D eigenvalue weighted by atomic mass is 9.82. The van der Waals surface area contributed by atoms with E-state index in [1.165, 1.54) is 24.1 Å². The Morgan fingerprint density at radius 3 is 2.08 bits per heavy atom. The van der Waals surface area contributed by atoms with Crippen molar-refractivity contribution in [3.05, 3.63) is 35.8 Å². The van der Waals surface area contributed by atoms with Crippen molar-refractivity contribution in [2.24, 2.45) is 11.3 Å². The van der Waals surface area contributed by atoms with Gasteiger partial charge >= 0.3 is 0 Å². The number of rotatable bonds is 6. The van der Waals surface area contributed by atoms with Crippen molar-refractivity contribution in [1.29, 1.82) is 0 Å². The summed E-state index contributed by atoms with van der Waals surface area (Å²) in [4.78, 5) is 20.4. The first kappa shape index (κ1) is 32.4. The van der Waals surface area contributed by atoms with Crippen LogP contribution >= 0.6 is 0 Å². The Kier molecular flexibility index (Phi) is 12.5. The maximum atomic E-state index is 8.52. The van der Waals surface area contributed by atoms with Crippen LogP contribution in [0.1, 0.15) is 86.4 Å². The quantitative estimate of drug-likeness (QED) is 0.422. The van der Waals surface area contributed by atoms with Crippen LogP contribution in [-0.2, 0) is 11.2 Å². The molecule has 0 saturated carbocycles. The summed E-state index contributed by atoms with van der Waals surface area (Å²) in [7, 11) is 0. The fraction of sp³-hybridized carbons (Fsp3) is 0.633. The monoisotopic (exact) mass is 515 g/mol. The molecule has 0 aromatic carbocycles. The average Bonchev–Trinajstić information content (AvgIpc) is 2.79. The summed E-state index contributed by atoms with van der Waals surface area (Å²) in [5.74, 6) is 1.30. The van der Waals surface area contributed by atoms with Crippen molar-refractivity contribution in [2.45, 2.75) is 100 Å². The van der Waals surface area contributed by atoms with Gasteiger partial charge in [-0.25, -0.2) is 0 Å². The molecule has 7 heteroatoms. The minimum absolute atomic E-state index is 0.169. The van der Waals surface area contributed by atoms with Gasteiger partial charge in [-0.15, -0.1) is 0 Å². The third-order valence-corrected chi connectivity index (χ3v) is 6.42. The summed E-state index contributed by atoms with van der Waals surface area (Å²) in [6.45, 7) is 22.7. The van der Waals surface area contributed by atoms with Crippen molar-refractivity contribution in [2.75, 3.05) is 18.0 Å². The maximum Gasteiger partial charge on any atom is 0.290 e. The zero-order chi connectivity index (χ0) is 28.4. The highest BCUT2D eigenvalue weighted by Gasteiger charge is 2.28. The van der Waals surface area contributed by atoms with Crippen molar-refractivity contribution < 1.29 is 19.7 Å². The number of hydrogen-bond acceptors (Lipinski definition) is 6. The van der Waals surface area contributed by atoms with Gasteiger partial charge in [0.05, 0.1) is 29.3 Å². The van der Waals surface area contributed by atoms with Crippen molar-refractivity contribution >= 4 is 12.2 Å². The number of pyridine rings is 2. The number of nitrogens with zero attached hydrogens (tertiary/aromatic N) is 3. The first-order valence-corrected chi connectivity index (χ1v) is 13.3. The van der Waals surface area contributed by atoms with Gasteiger partial charge in [-0.3, -0.25) is 14.8 Å². The molecule has 7 nitrogen and oxygen atoms in total. The van der Waals surface area contributed by atoms with Gasteiger partial charge in [0.1, 0.15) is 5.75 Å². The molecule has 1 saturated heterocycles. The van der Waals surface area contributed by atoms with Crippen LogP contribution in [0, 0.1) is 18.3 Å². The Hall–Kier alpha value is -2.67. The Morgan fingerprint density at radius 2 is 1.65 bits per heavy atom. The maximum absolute atomic E-state index is 8.52. The van der Waals surface area contributed by atoms with Gasteiger partial charge in [0.15, 0.2) is 0 Å². The SMILES string of the molecule is CC(C)(C)O.CCc1c(C)ncc(-c2ccc(OC(C)C(C)C)cn2)c1N1CCC(C)(C)CC1.O=CO. The van der Waals surface area contributed by atoms with E-state index in [-0.39, 0.29) is 12.6 Å². The normalized spacial score (nSPS) is 15.6. The molecule has 1 unspecified atom stereocenters. The van der Waals surface area contributed by atoms with Crippen LogP contribution in [0.25, 0.3) is 11.3 Å².